The van der Waals surface area contributed by atoms with E-state index in [0.29, 0.717) is 17.7 Å². The van der Waals surface area contributed by atoms with Gasteiger partial charge in [0.15, 0.2) is 0 Å². The third-order valence-corrected chi connectivity index (χ3v) is 7.23. The molecule has 2 N–H and O–H groups in total. The van der Waals surface area contributed by atoms with E-state index in [1.807, 2.05) is 95.3 Å². The van der Waals surface area contributed by atoms with Crippen molar-refractivity contribution >= 4 is 34.4 Å². The van der Waals surface area contributed by atoms with Crippen molar-refractivity contribution in [2.45, 2.75) is 92.0 Å². The molecule has 0 saturated carbocycles. The Morgan fingerprint density at radius 3 is 2.12 bits per heavy atom. The fourth-order valence-electron chi connectivity index (χ4n) is 4.53. The van der Waals surface area contributed by atoms with E-state index in [0.717, 1.165) is 21.9 Å². The smallest absolute Gasteiger partial charge is 0.408 e. The standard InChI is InChI=1S/C33H43N3O4/c1-10-33(8,9)36(30(38)23(4)34-31(39)40-32(5,6)7)28(26-16-15-21(2)22(3)19-26)29(37)35-27-18-17-24-13-11-12-14-25(24)20-27/h11-20,23,28H,10H2,1-9H3,(H,34,39)(H,35,37). The fraction of sp³-hybridized carbons (Fsp3) is 0.424. The van der Waals surface area contributed by atoms with E-state index in [2.05, 4.69) is 10.6 Å². The first-order valence-electron chi connectivity index (χ1n) is 13.8. The fourth-order valence-corrected chi connectivity index (χ4v) is 4.53. The second-order valence-electron chi connectivity index (χ2n) is 12.0. The predicted molar refractivity (Wildman–Crippen MR) is 161 cm³/mol. The Balaban J connectivity index is 2.06. The summed E-state index contributed by atoms with van der Waals surface area (Å²) in [5.74, 6) is -0.715. The van der Waals surface area contributed by atoms with E-state index in [1.54, 1.807) is 32.6 Å². The Morgan fingerprint density at radius 2 is 1.52 bits per heavy atom. The number of alkyl carbamates (subject to hydrolysis) is 1. The van der Waals surface area contributed by atoms with Gasteiger partial charge < -0.3 is 20.3 Å². The number of ether oxygens (including phenoxy) is 1. The van der Waals surface area contributed by atoms with Crippen molar-refractivity contribution in [2.24, 2.45) is 0 Å². The number of nitrogens with zero attached hydrogens (tertiary/aromatic N) is 1. The molecule has 2 unspecified atom stereocenters. The molecule has 0 aliphatic carbocycles. The summed E-state index contributed by atoms with van der Waals surface area (Å²) >= 11 is 0. The highest BCUT2D eigenvalue weighted by Gasteiger charge is 2.42. The van der Waals surface area contributed by atoms with E-state index in [9.17, 15) is 14.4 Å². The van der Waals surface area contributed by atoms with E-state index in [-0.39, 0.29) is 11.8 Å². The Morgan fingerprint density at radius 1 is 0.875 bits per heavy atom. The van der Waals surface area contributed by atoms with Gasteiger partial charge in [-0.05, 0) is 101 Å². The summed E-state index contributed by atoms with van der Waals surface area (Å²) in [4.78, 5) is 42.4. The minimum atomic E-state index is -0.948. The number of hydrogen-bond donors (Lipinski definition) is 2. The number of amides is 3. The van der Waals surface area contributed by atoms with Gasteiger partial charge in [0.2, 0.25) is 5.91 Å². The Bertz CT molecular complexity index is 1390. The number of hydrogen-bond acceptors (Lipinski definition) is 4. The molecule has 0 spiro atoms. The average molecular weight is 546 g/mol. The molecule has 7 nitrogen and oxygen atoms in total. The van der Waals surface area contributed by atoms with Crippen LogP contribution in [0.3, 0.4) is 0 Å². The highest BCUT2D eigenvalue weighted by Crippen LogP contribution is 2.34. The lowest BCUT2D eigenvalue weighted by Crippen LogP contribution is -2.58. The van der Waals surface area contributed by atoms with E-state index < -0.39 is 29.3 Å². The minimum absolute atomic E-state index is 0.335. The molecule has 0 aliphatic rings. The van der Waals surface area contributed by atoms with Gasteiger partial charge in [-0.2, -0.15) is 0 Å². The Hall–Kier alpha value is -3.87. The van der Waals surface area contributed by atoms with Gasteiger partial charge in [0, 0.05) is 11.2 Å². The summed E-state index contributed by atoms with van der Waals surface area (Å²) in [7, 11) is 0. The van der Waals surface area contributed by atoms with Crippen LogP contribution < -0.4 is 10.6 Å². The number of nitrogens with one attached hydrogen (secondary N) is 2. The van der Waals surface area contributed by atoms with Crippen LogP contribution in [0.15, 0.2) is 60.7 Å². The number of aryl methyl sites for hydroxylation is 2. The van der Waals surface area contributed by atoms with E-state index >= 15 is 0 Å². The second-order valence-corrected chi connectivity index (χ2v) is 12.0. The number of fused-ring (bicyclic) bond motifs is 1. The number of carbonyl (C=O) groups excluding carboxylic acids is 3. The second kappa shape index (κ2) is 12.1. The molecule has 0 heterocycles. The molecule has 3 rings (SSSR count). The zero-order valence-electron chi connectivity index (χ0n) is 25.2. The first kappa shape index (κ1) is 30.7. The van der Waals surface area contributed by atoms with Crippen molar-refractivity contribution in [2.75, 3.05) is 5.32 Å². The van der Waals surface area contributed by atoms with Crippen LogP contribution in [0.25, 0.3) is 10.8 Å². The number of benzene rings is 3. The molecule has 0 bridgehead atoms. The van der Waals surface area contributed by atoms with Crippen LogP contribution in [0, 0.1) is 13.8 Å². The van der Waals surface area contributed by atoms with Gasteiger partial charge >= 0.3 is 6.09 Å². The van der Waals surface area contributed by atoms with Gasteiger partial charge in [-0.25, -0.2) is 4.79 Å². The molecule has 214 valence electrons. The van der Waals surface area contributed by atoms with Crippen LogP contribution in [-0.4, -0.2) is 40.0 Å². The van der Waals surface area contributed by atoms with Gasteiger partial charge in [0.1, 0.15) is 17.7 Å². The number of anilines is 1. The molecule has 3 aromatic rings. The summed E-state index contributed by atoms with van der Waals surface area (Å²) in [6.07, 6.45) is -0.103. The maximum atomic E-state index is 14.2. The van der Waals surface area contributed by atoms with Crippen LogP contribution in [0.2, 0.25) is 0 Å². The van der Waals surface area contributed by atoms with Gasteiger partial charge in [-0.3, -0.25) is 9.59 Å². The molecule has 0 saturated heterocycles. The van der Waals surface area contributed by atoms with Crippen molar-refractivity contribution < 1.29 is 19.1 Å². The molecule has 0 fully saturated rings. The number of carbonyl (C=O) groups is 3. The molecular formula is C33H43N3O4. The van der Waals surface area contributed by atoms with Crippen molar-refractivity contribution in [1.29, 1.82) is 0 Å². The first-order valence-corrected chi connectivity index (χ1v) is 13.8. The average Bonchev–Trinajstić information content (AvgIpc) is 2.87. The lowest BCUT2D eigenvalue weighted by Gasteiger charge is -2.44. The topological polar surface area (TPSA) is 87.7 Å². The third kappa shape index (κ3) is 7.40. The first-order chi connectivity index (χ1) is 18.6. The highest BCUT2D eigenvalue weighted by atomic mass is 16.6. The Labute approximate surface area is 238 Å². The summed E-state index contributed by atoms with van der Waals surface area (Å²) in [5.41, 5.74) is 2.01. The van der Waals surface area contributed by atoms with E-state index in [4.69, 9.17) is 4.74 Å². The highest BCUT2D eigenvalue weighted by molar-refractivity contribution is 6.00. The largest absolute Gasteiger partial charge is 0.444 e. The molecule has 7 heteroatoms. The molecule has 2 atom stereocenters. The van der Waals surface area contributed by atoms with Gasteiger partial charge in [-0.15, -0.1) is 0 Å². The van der Waals surface area contributed by atoms with Crippen LogP contribution >= 0.6 is 0 Å². The lowest BCUT2D eigenvalue weighted by molar-refractivity contribution is -0.147. The van der Waals surface area contributed by atoms with Crippen LogP contribution in [0.4, 0.5) is 10.5 Å². The normalized spacial score (nSPS) is 13.3. The zero-order chi connectivity index (χ0) is 29.8. The summed E-state index contributed by atoms with van der Waals surface area (Å²) in [6, 6.07) is 17.6. The van der Waals surface area contributed by atoms with Gasteiger partial charge in [-0.1, -0.05) is 55.5 Å². The van der Waals surface area contributed by atoms with Gasteiger partial charge in [0.05, 0.1) is 0 Å². The SMILES string of the molecule is CCC(C)(C)N(C(=O)C(C)NC(=O)OC(C)(C)C)C(C(=O)Nc1ccc2ccccc2c1)c1ccc(C)c(C)c1. The van der Waals surface area contributed by atoms with Crippen molar-refractivity contribution in [3.8, 4) is 0 Å². The summed E-state index contributed by atoms with van der Waals surface area (Å²) < 4.78 is 5.39. The van der Waals surface area contributed by atoms with Crippen molar-refractivity contribution in [1.82, 2.24) is 10.2 Å². The predicted octanol–water partition coefficient (Wildman–Crippen LogP) is 7.07. The van der Waals surface area contributed by atoms with Crippen LogP contribution in [0.5, 0.6) is 0 Å². The molecule has 3 amide bonds. The maximum Gasteiger partial charge on any atom is 0.408 e. The third-order valence-electron chi connectivity index (χ3n) is 7.23. The maximum absolute atomic E-state index is 14.2. The monoisotopic (exact) mass is 545 g/mol. The molecule has 40 heavy (non-hydrogen) atoms. The molecule has 0 aromatic heterocycles. The van der Waals surface area contributed by atoms with Gasteiger partial charge in [0.25, 0.3) is 5.91 Å². The van der Waals surface area contributed by atoms with Crippen LogP contribution in [0.1, 0.15) is 77.6 Å². The minimum Gasteiger partial charge on any atom is -0.444 e. The van der Waals surface area contributed by atoms with Crippen molar-refractivity contribution in [3.05, 3.63) is 77.4 Å². The van der Waals surface area contributed by atoms with Crippen molar-refractivity contribution in [3.63, 3.8) is 0 Å². The summed E-state index contributed by atoms with van der Waals surface area (Å²) in [5, 5.41) is 7.80. The quantitative estimate of drug-likeness (QED) is 0.317. The molecule has 0 radical (unpaired) electrons. The Kier molecular flexibility index (Phi) is 9.28. The molecule has 0 aliphatic heterocycles. The molecule has 3 aromatic carbocycles. The lowest BCUT2D eigenvalue weighted by atomic mass is 9.91. The van der Waals surface area contributed by atoms with Crippen LogP contribution in [-0.2, 0) is 14.3 Å². The number of rotatable bonds is 8. The van der Waals surface area contributed by atoms with E-state index in [1.165, 1.54) is 0 Å². The molecular weight excluding hydrogens is 502 g/mol. The summed E-state index contributed by atoms with van der Waals surface area (Å²) in [6.45, 7) is 16.7. The zero-order valence-corrected chi connectivity index (χ0v) is 25.2.